The molecular weight excluding hydrogens is 376 g/mol. The molecule has 2 rings (SSSR count). The van der Waals surface area contributed by atoms with Crippen LogP contribution in [-0.2, 0) is 12.8 Å². The molecule has 0 aromatic heterocycles. The van der Waals surface area contributed by atoms with E-state index < -0.39 is 6.10 Å². The van der Waals surface area contributed by atoms with Crippen LogP contribution >= 0.6 is 0 Å². The molecule has 0 spiro atoms. The standard InChI is InChI=1S/C23H31F2NO3/c1-16(6-7-18-14-20(25)9-11-22(18)28)23(29)15-26-12-4-2-3-5-17-13-19(24)8-10-21(17)27/h8-11,13-14,16,23,26-29H,2-7,12,15H2,1H3/t16?,23-/m0/s1. The first-order valence-corrected chi connectivity index (χ1v) is 10.2. The molecular formula is C23H31F2NO3. The topological polar surface area (TPSA) is 72.7 Å². The molecule has 0 saturated carbocycles. The molecule has 29 heavy (non-hydrogen) atoms. The van der Waals surface area contributed by atoms with E-state index in [0.717, 1.165) is 25.8 Å². The van der Waals surface area contributed by atoms with Crippen LogP contribution in [0.5, 0.6) is 11.5 Å². The summed E-state index contributed by atoms with van der Waals surface area (Å²) in [7, 11) is 0. The number of hydrogen-bond donors (Lipinski definition) is 4. The molecule has 6 heteroatoms. The SMILES string of the molecule is CC(CCc1cc(F)ccc1O)[C@@H](O)CNCCCCCc1cc(F)ccc1O. The van der Waals surface area contributed by atoms with Crippen LogP contribution in [-0.4, -0.2) is 34.5 Å². The molecule has 0 aliphatic carbocycles. The van der Waals surface area contributed by atoms with Gasteiger partial charge in [0.05, 0.1) is 6.10 Å². The zero-order chi connectivity index (χ0) is 21.2. The number of hydrogen-bond acceptors (Lipinski definition) is 4. The van der Waals surface area contributed by atoms with Gasteiger partial charge in [0.15, 0.2) is 0 Å². The fraction of sp³-hybridized carbons (Fsp3) is 0.478. The molecule has 2 aromatic rings. The molecule has 0 radical (unpaired) electrons. The average molecular weight is 408 g/mol. The zero-order valence-electron chi connectivity index (χ0n) is 16.9. The van der Waals surface area contributed by atoms with Gasteiger partial charge in [-0.05, 0) is 92.1 Å². The second-order valence-electron chi connectivity index (χ2n) is 7.64. The van der Waals surface area contributed by atoms with Gasteiger partial charge >= 0.3 is 0 Å². The number of aliphatic hydroxyl groups excluding tert-OH is 1. The van der Waals surface area contributed by atoms with Crippen LogP contribution in [0.3, 0.4) is 0 Å². The monoisotopic (exact) mass is 407 g/mol. The van der Waals surface area contributed by atoms with Gasteiger partial charge in [0.1, 0.15) is 23.1 Å². The number of benzene rings is 2. The summed E-state index contributed by atoms with van der Waals surface area (Å²) in [5.41, 5.74) is 1.19. The van der Waals surface area contributed by atoms with Crippen molar-refractivity contribution < 1.29 is 24.1 Å². The second kappa shape index (κ2) is 11.7. The highest BCUT2D eigenvalue weighted by Crippen LogP contribution is 2.22. The highest BCUT2D eigenvalue weighted by atomic mass is 19.1. The van der Waals surface area contributed by atoms with Gasteiger partial charge < -0.3 is 20.6 Å². The van der Waals surface area contributed by atoms with Crippen LogP contribution in [0.2, 0.25) is 0 Å². The number of phenolic OH excluding ortho intramolecular Hbond substituents is 2. The third-order valence-corrected chi connectivity index (χ3v) is 5.26. The highest BCUT2D eigenvalue weighted by molar-refractivity contribution is 5.33. The van der Waals surface area contributed by atoms with Crippen molar-refractivity contribution in [1.82, 2.24) is 5.32 Å². The van der Waals surface area contributed by atoms with E-state index in [9.17, 15) is 24.1 Å². The van der Waals surface area contributed by atoms with Crippen LogP contribution < -0.4 is 5.32 Å². The van der Waals surface area contributed by atoms with Crippen molar-refractivity contribution in [2.45, 2.75) is 51.6 Å². The average Bonchev–Trinajstić information content (AvgIpc) is 2.69. The van der Waals surface area contributed by atoms with Crippen molar-refractivity contribution in [1.29, 1.82) is 0 Å². The van der Waals surface area contributed by atoms with Crippen molar-refractivity contribution in [3.63, 3.8) is 0 Å². The number of aliphatic hydroxyl groups is 1. The smallest absolute Gasteiger partial charge is 0.123 e. The molecule has 2 aromatic carbocycles. The maximum Gasteiger partial charge on any atom is 0.123 e. The predicted molar refractivity (Wildman–Crippen MR) is 110 cm³/mol. The van der Waals surface area contributed by atoms with Gasteiger partial charge in [0, 0.05) is 6.54 Å². The normalized spacial score (nSPS) is 13.4. The minimum absolute atomic E-state index is 0.0149. The van der Waals surface area contributed by atoms with Gasteiger partial charge in [-0.3, -0.25) is 0 Å². The molecule has 1 unspecified atom stereocenters. The lowest BCUT2D eigenvalue weighted by Crippen LogP contribution is -2.32. The van der Waals surface area contributed by atoms with Crippen molar-refractivity contribution in [3.05, 3.63) is 59.2 Å². The number of aryl methyl sites for hydroxylation is 2. The first-order valence-electron chi connectivity index (χ1n) is 10.2. The largest absolute Gasteiger partial charge is 0.508 e. The van der Waals surface area contributed by atoms with Gasteiger partial charge in [0.25, 0.3) is 0 Å². The first-order chi connectivity index (χ1) is 13.9. The Kier molecular flexibility index (Phi) is 9.35. The maximum atomic E-state index is 13.3. The second-order valence-corrected chi connectivity index (χ2v) is 7.64. The van der Waals surface area contributed by atoms with Gasteiger partial charge in [-0.2, -0.15) is 0 Å². The Labute approximate surface area is 171 Å². The molecule has 0 heterocycles. The summed E-state index contributed by atoms with van der Waals surface area (Å²) >= 11 is 0. The maximum absolute atomic E-state index is 13.3. The minimum Gasteiger partial charge on any atom is -0.508 e. The quantitative estimate of drug-likeness (QED) is 0.396. The molecule has 0 aliphatic heterocycles. The lowest BCUT2D eigenvalue weighted by molar-refractivity contribution is 0.110. The number of rotatable bonds is 12. The zero-order valence-corrected chi connectivity index (χ0v) is 16.9. The summed E-state index contributed by atoms with van der Waals surface area (Å²) in [6, 6.07) is 7.90. The van der Waals surface area contributed by atoms with E-state index in [1.165, 1.54) is 36.4 Å². The van der Waals surface area contributed by atoms with E-state index in [4.69, 9.17) is 0 Å². The molecule has 4 N–H and O–H groups in total. The van der Waals surface area contributed by atoms with E-state index >= 15 is 0 Å². The van der Waals surface area contributed by atoms with Crippen molar-refractivity contribution in [2.75, 3.05) is 13.1 Å². The van der Waals surface area contributed by atoms with E-state index in [-0.39, 0.29) is 29.1 Å². The molecule has 0 amide bonds. The Hall–Kier alpha value is -2.18. The minimum atomic E-state index is -0.519. The van der Waals surface area contributed by atoms with Gasteiger partial charge in [0.2, 0.25) is 0 Å². The van der Waals surface area contributed by atoms with E-state index in [1.807, 2.05) is 6.92 Å². The Morgan fingerprint density at radius 3 is 2.07 bits per heavy atom. The Morgan fingerprint density at radius 1 is 0.862 bits per heavy atom. The Bertz CT molecular complexity index is 770. The van der Waals surface area contributed by atoms with Crippen LogP contribution in [0.4, 0.5) is 8.78 Å². The number of phenols is 2. The van der Waals surface area contributed by atoms with E-state index in [2.05, 4.69) is 5.32 Å². The van der Waals surface area contributed by atoms with E-state index in [0.29, 0.717) is 36.9 Å². The molecule has 160 valence electrons. The first kappa shape index (κ1) is 23.1. The predicted octanol–water partition coefficient (Wildman–Crippen LogP) is 4.31. The third kappa shape index (κ3) is 7.99. The van der Waals surface area contributed by atoms with Crippen LogP contribution in [0.15, 0.2) is 36.4 Å². The Balaban J connectivity index is 1.57. The highest BCUT2D eigenvalue weighted by Gasteiger charge is 2.15. The summed E-state index contributed by atoms with van der Waals surface area (Å²) in [5.74, 6) is -0.484. The summed E-state index contributed by atoms with van der Waals surface area (Å²) < 4.78 is 26.4. The summed E-state index contributed by atoms with van der Waals surface area (Å²) in [5, 5.41) is 33.0. The van der Waals surface area contributed by atoms with Crippen molar-refractivity contribution in [2.24, 2.45) is 5.92 Å². The van der Waals surface area contributed by atoms with Gasteiger partial charge in [-0.1, -0.05) is 13.3 Å². The Morgan fingerprint density at radius 2 is 1.45 bits per heavy atom. The molecule has 2 atom stereocenters. The van der Waals surface area contributed by atoms with Crippen LogP contribution in [0, 0.1) is 17.6 Å². The lowest BCUT2D eigenvalue weighted by Gasteiger charge is -2.19. The van der Waals surface area contributed by atoms with Gasteiger partial charge in [-0.25, -0.2) is 8.78 Å². The van der Waals surface area contributed by atoms with Crippen LogP contribution in [0.25, 0.3) is 0 Å². The number of nitrogens with one attached hydrogen (secondary N) is 1. The molecule has 0 bridgehead atoms. The molecule has 0 saturated heterocycles. The fourth-order valence-corrected chi connectivity index (χ4v) is 3.28. The van der Waals surface area contributed by atoms with Crippen molar-refractivity contribution >= 4 is 0 Å². The van der Waals surface area contributed by atoms with Gasteiger partial charge in [-0.15, -0.1) is 0 Å². The summed E-state index contributed by atoms with van der Waals surface area (Å²) in [6.07, 6.45) is 3.99. The fourth-order valence-electron chi connectivity index (χ4n) is 3.28. The van der Waals surface area contributed by atoms with Crippen molar-refractivity contribution in [3.8, 4) is 11.5 Å². The third-order valence-electron chi connectivity index (χ3n) is 5.26. The number of unbranched alkanes of at least 4 members (excludes halogenated alkanes) is 2. The van der Waals surface area contributed by atoms with Crippen LogP contribution in [0.1, 0.15) is 43.7 Å². The summed E-state index contributed by atoms with van der Waals surface area (Å²) in [6.45, 7) is 3.18. The van der Waals surface area contributed by atoms with E-state index in [1.54, 1.807) is 0 Å². The lowest BCUT2D eigenvalue weighted by atomic mass is 9.95. The molecule has 4 nitrogen and oxygen atoms in total. The molecule has 0 aliphatic rings. The summed E-state index contributed by atoms with van der Waals surface area (Å²) in [4.78, 5) is 0. The molecule has 0 fully saturated rings. The number of halogens is 2. The number of aromatic hydroxyl groups is 2.